The van der Waals surface area contributed by atoms with E-state index in [2.05, 4.69) is 6.92 Å². The van der Waals surface area contributed by atoms with Gasteiger partial charge in [-0.3, -0.25) is 0 Å². The summed E-state index contributed by atoms with van der Waals surface area (Å²) in [5, 5.41) is 0.653. The van der Waals surface area contributed by atoms with Crippen molar-refractivity contribution in [2.45, 2.75) is 19.8 Å². The number of hydrogen-bond donors (Lipinski definition) is 1. The van der Waals surface area contributed by atoms with Crippen molar-refractivity contribution in [2.24, 2.45) is 0 Å². The van der Waals surface area contributed by atoms with Crippen LogP contribution in [0.3, 0.4) is 0 Å². The third kappa shape index (κ3) is 3.15. The Bertz CT molecular complexity index is 276. The van der Waals surface area contributed by atoms with Crippen molar-refractivity contribution >= 4 is 17.3 Å². The van der Waals surface area contributed by atoms with Gasteiger partial charge in [-0.05, 0) is 18.6 Å². The molecule has 1 aromatic rings. The maximum Gasteiger partial charge on any atom is 0.143 e. The van der Waals surface area contributed by atoms with Gasteiger partial charge in [-0.1, -0.05) is 24.9 Å². The molecule has 2 nitrogen and oxygen atoms in total. The average Bonchev–Trinajstić information content (AvgIpc) is 2.11. The topological polar surface area (TPSA) is 35.2 Å². The number of rotatable bonds is 4. The van der Waals surface area contributed by atoms with E-state index >= 15 is 0 Å². The zero-order valence-electron chi connectivity index (χ0n) is 7.72. The molecular formula is C10H14ClNO. The van der Waals surface area contributed by atoms with Gasteiger partial charge in [0.25, 0.3) is 0 Å². The maximum absolute atomic E-state index is 5.79. The summed E-state index contributed by atoms with van der Waals surface area (Å²) < 4.78 is 5.45. The summed E-state index contributed by atoms with van der Waals surface area (Å²) in [5.74, 6) is 0.681. The van der Waals surface area contributed by atoms with Crippen LogP contribution in [0.15, 0.2) is 18.2 Å². The SMILES string of the molecule is CCCCOc1cc(Cl)ccc1N. The largest absolute Gasteiger partial charge is 0.491 e. The second kappa shape index (κ2) is 4.97. The number of halogens is 1. The maximum atomic E-state index is 5.79. The lowest BCUT2D eigenvalue weighted by atomic mass is 10.3. The van der Waals surface area contributed by atoms with E-state index in [-0.39, 0.29) is 0 Å². The normalized spacial score (nSPS) is 10.0. The van der Waals surface area contributed by atoms with Crippen LogP contribution in [0.25, 0.3) is 0 Å². The Morgan fingerprint density at radius 3 is 2.92 bits per heavy atom. The molecule has 0 aliphatic heterocycles. The first-order valence-electron chi connectivity index (χ1n) is 4.42. The zero-order valence-corrected chi connectivity index (χ0v) is 8.47. The molecular weight excluding hydrogens is 186 g/mol. The second-order valence-corrected chi connectivity index (χ2v) is 3.32. The molecule has 0 atom stereocenters. The molecule has 0 spiro atoms. The smallest absolute Gasteiger partial charge is 0.143 e. The van der Waals surface area contributed by atoms with E-state index in [0.717, 1.165) is 12.8 Å². The molecule has 0 aliphatic carbocycles. The highest BCUT2D eigenvalue weighted by Crippen LogP contribution is 2.25. The van der Waals surface area contributed by atoms with Crippen molar-refractivity contribution in [3.8, 4) is 5.75 Å². The summed E-state index contributed by atoms with van der Waals surface area (Å²) in [6.45, 7) is 2.81. The number of nitrogens with two attached hydrogens (primary N) is 1. The van der Waals surface area contributed by atoms with Crippen molar-refractivity contribution in [3.63, 3.8) is 0 Å². The fourth-order valence-electron chi connectivity index (χ4n) is 0.960. The Morgan fingerprint density at radius 2 is 2.23 bits per heavy atom. The number of nitrogen functional groups attached to an aromatic ring is 1. The average molecular weight is 200 g/mol. The summed E-state index contributed by atoms with van der Waals surface area (Å²) in [7, 11) is 0. The summed E-state index contributed by atoms with van der Waals surface area (Å²) >= 11 is 5.79. The molecule has 3 heteroatoms. The van der Waals surface area contributed by atoms with Gasteiger partial charge in [0, 0.05) is 11.1 Å². The first kappa shape index (κ1) is 10.2. The minimum Gasteiger partial charge on any atom is -0.491 e. The van der Waals surface area contributed by atoms with Gasteiger partial charge in [0.05, 0.1) is 12.3 Å². The molecule has 0 bridgehead atoms. The van der Waals surface area contributed by atoms with Gasteiger partial charge in [-0.2, -0.15) is 0 Å². The molecule has 1 aromatic carbocycles. The van der Waals surface area contributed by atoms with Crippen LogP contribution < -0.4 is 10.5 Å². The Labute approximate surface area is 83.6 Å². The molecule has 13 heavy (non-hydrogen) atoms. The lowest BCUT2D eigenvalue weighted by molar-refractivity contribution is 0.311. The predicted octanol–water partition coefficient (Wildman–Crippen LogP) is 3.10. The first-order chi connectivity index (χ1) is 6.24. The molecule has 0 radical (unpaired) electrons. The van der Waals surface area contributed by atoms with Crippen molar-refractivity contribution < 1.29 is 4.74 Å². The molecule has 0 fully saturated rings. The summed E-state index contributed by atoms with van der Waals surface area (Å²) in [6.07, 6.45) is 2.15. The number of benzene rings is 1. The quantitative estimate of drug-likeness (QED) is 0.598. The Morgan fingerprint density at radius 1 is 1.46 bits per heavy atom. The third-order valence-corrected chi connectivity index (χ3v) is 1.97. The number of hydrogen-bond acceptors (Lipinski definition) is 2. The molecule has 1 rings (SSSR count). The van der Waals surface area contributed by atoms with Gasteiger partial charge >= 0.3 is 0 Å². The van der Waals surface area contributed by atoms with Gasteiger partial charge in [0.1, 0.15) is 5.75 Å². The van der Waals surface area contributed by atoms with Gasteiger partial charge < -0.3 is 10.5 Å². The molecule has 72 valence electrons. The van der Waals surface area contributed by atoms with Gasteiger partial charge in [0.15, 0.2) is 0 Å². The first-order valence-corrected chi connectivity index (χ1v) is 4.79. The second-order valence-electron chi connectivity index (χ2n) is 2.88. The highest BCUT2D eigenvalue weighted by molar-refractivity contribution is 6.30. The minimum atomic E-state index is 0.639. The van der Waals surface area contributed by atoms with E-state index < -0.39 is 0 Å². The summed E-state index contributed by atoms with van der Waals surface area (Å²) in [5.41, 5.74) is 6.33. The molecule has 0 aromatic heterocycles. The van der Waals surface area contributed by atoms with E-state index in [0.29, 0.717) is 23.1 Å². The van der Waals surface area contributed by atoms with Gasteiger partial charge in [-0.15, -0.1) is 0 Å². The standard InChI is InChI=1S/C10H14ClNO/c1-2-3-6-13-10-7-8(11)4-5-9(10)12/h4-5,7H,2-3,6,12H2,1H3. The third-order valence-electron chi connectivity index (χ3n) is 1.73. The zero-order chi connectivity index (χ0) is 9.68. The lowest BCUT2D eigenvalue weighted by Crippen LogP contribution is -1.99. The number of ether oxygens (including phenoxy) is 1. The Hall–Kier alpha value is -0.890. The fraction of sp³-hybridized carbons (Fsp3) is 0.400. The van der Waals surface area contributed by atoms with Crippen LogP contribution in [0.4, 0.5) is 5.69 Å². The van der Waals surface area contributed by atoms with E-state index in [1.807, 2.05) is 0 Å². The van der Waals surface area contributed by atoms with Crippen LogP contribution in [0, 0.1) is 0 Å². The molecule has 0 heterocycles. The van der Waals surface area contributed by atoms with Crippen LogP contribution in [0.5, 0.6) is 5.75 Å². The van der Waals surface area contributed by atoms with E-state index in [9.17, 15) is 0 Å². The van der Waals surface area contributed by atoms with Crippen LogP contribution in [-0.4, -0.2) is 6.61 Å². The van der Waals surface area contributed by atoms with Gasteiger partial charge in [-0.25, -0.2) is 0 Å². The number of anilines is 1. The Kier molecular flexibility index (Phi) is 3.90. The highest BCUT2D eigenvalue weighted by atomic mass is 35.5. The molecule has 0 aliphatic rings. The Balaban J connectivity index is 2.59. The highest BCUT2D eigenvalue weighted by Gasteiger charge is 2.00. The number of unbranched alkanes of at least 4 members (excludes halogenated alkanes) is 1. The fourth-order valence-corrected chi connectivity index (χ4v) is 1.12. The van der Waals surface area contributed by atoms with E-state index in [1.165, 1.54) is 0 Å². The van der Waals surface area contributed by atoms with Gasteiger partial charge in [0.2, 0.25) is 0 Å². The summed E-state index contributed by atoms with van der Waals surface area (Å²) in [4.78, 5) is 0. The molecule has 0 saturated carbocycles. The van der Waals surface area contributed by atoms with E-state index in [1.54, 1.807) is 18.2 Å². The molecule has 0 amide bonds. The molecule has 0 unspecified atom stereocenters. The molecule has 0 saturated heterocycles. The van der Waals surface area contributed by atoms with Crippen LogP contribution >= 0.6 is 11.6 Å². The van der Waals surface area contributed by atoms with Crippen molar-refractivity contribution in [1.29, 1.82) is 0 Å². The predicted molar refractivity (Wildman–Crippen MR) is 56.3 cm³/mol. The minimum absolute atomic E-state index is 0.639. The lowest BCUT2D eigenvalue weighted by Gasteiger charge is -2.07. The van der Waals surface area contributed by atoms with Crippen LogP contribution in [-0.2, 0) is 0 Å². The van der Waals surface area contributed by atoms with Crippen LogP contribution in [0.2, 0.25) is 5.02 Å². The van der Waals surface area contributed by atoms with Crippen molar-refractivity contribution in [2.75, 3.05) is 12.3 Å². The van der Waals surface area contributed by atoms with E-state index in [4.69, 9.17) is 22.1 Å². The summed E-state index contributed by atoms with van der Waals surface area (Å²) in [6, 6.07) is 5.25. The van der Waals surface area contributed by atoms with Crippen molar-refractivity contribution in [3.05, 3.63) is 23.2 Å². The molecule has 2 N–H and O–H groups in total. The van der Waals surface area contributed by atoms with Crippen molar-refractivity contribution in [1.82, 2.24) is 0 Å². The van der Waals surface area contributed by atoms with Crippen LogP contribution in [0.1, 0.15) is 19.8 Å². The monoisotopic (exact) mass is 199 g/mol.